The fourth-order valence-corrected chi connectivity index (χ4v) is 2.92. The van der Waals surface area contributed by atoms with E-state index in [1.807, 2.05) is 35.2 Å². The Balaban J connectivity index is 1.95. The number of carbonyl (C=O) groups excluding carboxylic acids is 1. The predicted octanol–water partition coefficient (Wildman–Crippen LogP) is 2.35. The molecule has 2 rings (SSSR count). The van der Waals surface area contributed by atoms with Crippen LogP contribution in [-0.2, 0) is 11.2 Å². The first-order valence-corrected chi connectivity index (χ1v) is 7.29. The quantitative estimate of drug-likeness (QED) is 0.903. The number of nitrogens with two attached hydrogens (primary N) is 1. The summed E-state index contributed by atoms with van der Waals surface area (Å²) in [5.74, 6) is 0.245. The molecule has 1 saturated carbocycles. The maximum absolute atomic E-state index is 12.4. The fourth-order valence-electron chi connectivity index (χ4n) is 2.92. The van der Waals surface area contributed by atoms with Gasteiger partial charge in [0.15, 0.2) is 0 Å². The van der Waals surface area contributed by atoms with Crippen molar-refractivity contribution < 1.29 is 4.79 Å². The number of hydrogen-bond acceptors (Lipinski definition) is 2. The molecule has 2 N–H and O–H groups in total. The van der Waals surface area contributed by atoms with Crippen LogP contribution in [0, 0.1) is 0 Å². The number of carbonyl (C=O) groups is 1. The third-order valence-corrected chi connectivity index (χ3v) is 4.04. The van der Waals surface area contributed by atoms with Gasteiger partial charge in [0.2, 0.25) is 5.91 Å². The predicted molar refractivity (Wildman–Crippen MR) is 77.8 cm³/mol. The van der Waals surface area contributed by atoms with Crippen LogP contribution < -0.4 is 5.73 Å². The van der Waals surface area contributed by atoms with Crippen LogP contribution in [0.3, 0.4) is 0 Å². The number of benzene rings is 1. The zero-order valence-electron chi connectivity index (χ0n) is 11.7. The molecule has 1 aromatic carbocycles. The van der Waals surface area contributed by atoms with Crippen LogP contribution in [0.5, 0.6) is 0 Å². The van der Waals surface area contributed by atoms with Gasteiger partial charge >= 0.3 is 0 Å². The molecule has 19 heavy (non-hydrogen) atoms. The van der Waals surface area contributed by atoms with Crippen molar-refractivity contribution >= 4 is 5.91 Å². The molecule has 3 heteroatoms. The minimum Gasteiger partial charge on any atom is -0.340 e. The minimum absolute atomic E-state index is 0.245. The van der Waals surface area contributed by atoms with Crippen LogP contribution in [0.25, 0.3) is 0 Å². The van der Waals surface area contributed by atoms with E-state index in [0.717, 1.165) is 37.8 Å². The molecule has 0 heterocycles. The van der Waals surface area contributed by atoms with Crippen molar-refractivity contribution in [1.82, 2.24) is 4.90 Å². The molecule has 1 aliphatic carbocycles. The van der Waals surface area contributed by atoms with Gasteiger partial charge in [0, 0.05) is 18.6 Å². The first-order valence-electron chi connectivity index (χ1n) is 7.29. The van der Waals surface area contributed by atoms with Crippen molar-refractivity contribution in [2.24, 2.45) is 5.73 Å². The average Bonchev–Trinajstić information content (AvgIpc) is 2.43. The summed E-state index contributed by atoms with van der Waals surface area (Å²) in [7, 11) is 0. The van der Waals surface area contributed by atoms with Crippen LogP contribution >= 0.6 is 0 Å². The molecule has 0 saturated heterocycles. The molecule has 1 aromatic rings. The lowest BCUT2D eigenvalue weighted by molar-refractivity contribution is -0.133. The molecule has 1 fully saturated rings. The van der Waals surface area contributed by atoms with Crippen LogP contribution in [-0.4, -0.2) is 29.4 Å². The van der Waals surface area contributed by atoms with Gasteiger partial charge in [-0.3, -0.25) is 4.79 Å². The molecule has 3 nitrogen and oxygen atoms in total. The Morgan fingerprint density at radius 2 is 1.84 bits per heavy atom. The Hall–Kier alpha value is -1.35. The Morgan fingerprint density at radius 3 is 2.42 bits per heavy atom. The standard InChI is InChI=1S/C16H24N2O/c1-2-18(15-10-8-14(17)9-11-15)16(19)12-13-6-4-3-5-7-13/h3-7,14-15H,2,8-12,17H2,1H3. The largest absolute Gasteiger partial charge is 0.340 e. The molecule has 1 amide bonds. The van der Waals surface area contributed by atoms with Gasteiger partial charge in [-0.25, -0.2) is 0 Å². The van der Waals surface area contributed by atoms with E-state index in [4.69, 9.17) is 5.73 Å². The van der Waals surface area contributed by atoms with Crippen molar-refractivity contribution in [1.29, 1.82) is 0 Å². The molecule has 0 spiro atoms. The lowest BCUT2D eigenvalue weighted by Crippen LogP contribution is -2.44. The Bertz CT molecular complexity index is 396. The van der Waals surface area contributed by atoms with E-state index in [9.17, 15) is 4.79 Å². The van der Waals surface area contributed by atoms with Crippen LogP contribution in [0.4, 0.5) is 0 Å². The van der Waals surface area contributed by atoms with Gasteiger partial charge < -0.3 is 10.6 Å². The molecule has 0 aliphatic heterocycles. The van der Waals surface area contributed by atoms with Gasteiger partial charge in [-0.1, -0.05) is 30.3 Å². The van der Waals surface area contributed by atoms with Crippen molar-refractivity contribution in [2.75, 3.05) is 6.54 Å². The second kappa shape index (κ2) is 6.71. The first-order chi connectivity index (χ1) is 9.20. The summed E-state index contributed by atoms with van der Waals surface area (Å²) in [6.07, 6.45) is 4.70. The number of hydrogen-bond donors (Lipinski definition) is 1. The lowest BCUT2D eigenvalue weighted by atomic mass is 9.90. The van der Waals surface area contributed by atoms with Crippen molar-refractivity contribution in [3.8, 4) is 0 Å². The summed E-state index contributed by atoms with van der Waals surface area (Å²) < 4.78 is 0. The third-order valence-electron chi connectivity index (χ3n) is 4.04. The SMILES string of the molecule is CCN(C(=O)Cc1ccccc1)C1CCC(N)CC1. The molecule has 0 unspecified atom stereocenters. The highest BCUT2D eigenvalue weighted by Crippen LogP contribution is 2.22. The number of likely N-dealkylation sites (N-methyl/N-ethyl adjacent to an activating group) is 1. The van der Waals surface area contributed by atoms with Crippen LogP contribution in [0.15, 0.2) is 30.3 Å². The normalized spacial score (nSPS) is 23.1. The van der Waals surface area contributed by atoms with Gasteiger partial charge in [-0.15, -0.1) is 0 Å². The second-order valence-corrected chi connectivity index (χ2v) is 5.41. The second-order valence-electron chi connectivity index (χ2n) is 5.41. The minimum atomic E-state index is 0.245. The highest BCUT2D eigenvalue weighted by atomic mass is 16.2. The first kappa shape index (κ1) is 14.1. The van der Waals surface area contributed by atoms with Gasteiger partial charge in [0.05, 0.1) is 6.42 Å². The fraction of sp³-hybridized carbons (Fsp3) is 0.562. The number of amides is 1. The van der Waals surface area contributed by atoms with Gasteiger partial charge in [0.1, 0.15) is 0 Å². The smallest absolute Gasteiger partial charge is 0.227 e. The molecule has 0 radical (unpaired) electrons. The average molecular weight is 260 g/mol. The maximum Gasteiger partial charge on any atom is 0.227 e. The van der Waals surface area contributed by atoms with E-state index in [1.54, 1.807) is 0 Å². The van der Waals surface area contributed by atoms with Crippen molar-refractivity contribution in [3.05, 3.63) is 35.9 Å². The summed E-state index contributed by atoms with van der Waals surface area (Å²) in [6.45, 7) is 2.86. The summed E-state index contributed by atoms with van der Waals surface area (Å²) in [6, 6.07) is 10.7. The van der Waals surface area contributed by atoms with E-state index in [2.05, 4.69) is 6.92 Å². The monoisotopic (exact) mass is 260 g/mol. The highest BCUT2D eigenvalue weighted by molar-refractivity contribution is 5.79. The lowest BCUT2D eigenvalue weighted by Gasteiger charge is -2.35. The molecular formula is C16H24N2O. The molecule has 0 bridgehead atoms. The summed E-state index contributed by atoms with van der Waals surface area (Å²) in [5.41, 5.74) is 7.03. The topological polar surface area (TPSA) is 46.3 Å². The van der Waals surface area contributed by atoms with Crippen molar-refractivity contribution in [2.45, 2.75) is 51.1 Å². The third kappa shape index (κ3) is 3.80. The van der Waals surface area contributed by atoms with Gasteiger partial charge in [-0.05, 0) is 38.2 Å². The molecule has 1 aliphatic rings. The van der Waals surface area contributed by atoms with Crippen LogP contribution in [0.1, 0.15) is 38.2 Å². The van der Waals surface area contributed by atoms with E-state index < -0.39 is 0 Å². The molecular weight excluding hydrogens is 236 g/mol. The number of rotatable bonds is 4. The Morgan fingerprint density at radius 1 is 1.21 bits per heavy atom. The van der Waals surface area contributed by atoms with E-state index in [-0.39, 0.29) is 5.91 Å². The van der Waals surface area contributed by atoms with Crippen molar-refractivity contribution in [3.63, 3.8) is 0 Å². The van der Waals surface area contributed by atoms with E-state index >= 15 is 0 Å². The summed E-state index contributed by atoms with van der Waals surface area (Å²) in [5, 5.41) is 0. The van der Waals surface area contributed by atoms with E-state index in [1.165, 1.54) is 0 Å². The molecule has 0 aromatic heterocycles. The maximum atomic E-state index is 12.4. The Kier molecular flexibility index (Phi) is 4.97. The number of nitrogens with zero attached hydrogens (tertiary/aromatic N) is 1. The zero-order valence-corrected chi connectivity index (χ0v) is 11.7. The van der Waals surface area contributed by atoms with Gasteiger partial charge in [-0.2, -0.15) is 0 Å². The van der Waals surface area contributed by atoms with Gasteiger partial charge in [0.25, 0.3) is 0 Å². The highest BCUT2D eigenvalue weighted by Gasteiger charge is 2.26. The summed E-state index contributed by atoms with van der Waals surface area (Å²) >= 11 is 0. The zero-order chi connectivity index (χ0) is 13.7. The molecule has 0 atom stereocenters. The van der Waals surface area contributed by atoms with Crippen LogP contribution in [0.2, 0.25) is 0 Å². The summed E-state index contributed by atoms with van der Waals surface area (Å²) in [4.78, 5) is 14.5. The van der Waals surface area contributed by atoms with E-state index in [0.29, 0.717) is 18.5 Å². The Labute approximate surface area is 115 Å². The molecule has 104 valence electrons.